The van der Waals surface area contributed by atoms with Crippen LogP contribution in [0.5, 0.6) is 5.75 Å². The lowest BCUT2D eigenvalue weighted by molar-refractivity contribution is -0.0940. The van der Waals surface area contributed by atoms with E-state index in [1.165, 1.54) is 13.2 Å². The molecular weight excluding hydrogens is 413 g/mol. The van der Waals surface area contributed by atoms with Crippen LogP contribution in [0.2, 0.25) is 0 Å². The van der Waals surface area contributed by atoms with E-state index in [0.29, 0.717) is 23.6 Å². The second-order valence-corrected chi connectivity index (χ2v) is 8.56. The number of aliphatic imine (C=N–C) groups is 2. The normalized spacial score (nSPS) is 28.2. The second kappa shape index (κ2) is 10.0. The number of halogens is 1. The molecule has 0 spiro atoms. The minimum absolute atomic E-state index is 0.0359. The monoisotopic (exact) mass is 447 g/mol. The first-order valence-electron chi connectivity index (χ1n) is 11.5. The molecule has 0 aromatic heterocycles. The number of guanidine groups is 2. The maximum Gasteiger partial charge on any atom is 0.303 e. The SMILES string of the molecule is CCC(N=C1NC(Nc2ccc(OC)c(F)c2)=NC(N)(OC2CCCC2)N1)C1CCCN1. The third-order valence-electron chi connectivity index (χ3n) is 6.15. The van der Waals surface area contributed by atoms with Gasteiger partial charge in [-0.1, -0.05) is 19.8 Å². The van der Waals surface area contributed by atoms with Crippen LogP contribution in [0.4, 0.5) is 10.1 Å². The Hall–Kier alpha value is -2.43. The van der Waals surface area contributed by atoms with E-state index in [9.17, 15) is 4.39 Å². The Morgan fingerprint density at radius 2 is 2.12 bits per heavy atom. The fourth-order valence-corrected chi connectivity index (χ4v) is 4.53. The van der Waals surface area contributed by atoms with Crippen molar-refractivity contribution in [2.45, 2.75) is 76.0 Å². The Balaban J connectivity index is 1.57. The van der Waals surface area contributed by atoms with Gasteiger partial charge in [-0.2, -0.15) is 4.99 Å². The number of ether oxygens (including phenoxy) is 2. The molecule has 176 valence electrons. The van der Waals surface area contributed by atoms with Crippen LogP contribution in [0.15, 0.2) is 28.2 Å². The molecule has 3 unspecified atom stereocenters. The zero-order valence-electron chi connectivity index (χ0n) is 18.8. The molecule has 3 atom stereocenters. The molecule has 0 radical (unpaired) electrons. The predicted octanol–water partition coefficient (Wildman–Crippen LogP) is 2.21. The molecular formula is C22H34FN7O2. The van der Waals surface area contributed by atoms with Gasteiger partial charge in [0, 0.05) is 17.8 Å². The van der Waals surface area contributed by atoms with E-state index in [0.717, 1.165) is 51.5 Å². The summed E-state index contributed by atoms with van der Waals surface area (Å²) in [6.07, 6.45) is 7.29. The van der Waals surface area contributed by atoms with Gasteiger partial charge in [0.1, 0.15) is 0 Å². The van der Waals surface area contributed by atoms with Crippen molar-refractivity contribution in [3.63, 3.8) is 0 Å². The van der Waals surface area contributed by atoms with Gasteiger partial charge in [0.25, 0.3) is 0 Å². The molecule has 10 heteroatoms. The van der Waals surface area contributed by atoms with Gasteiger partial charge in [0.15, 0.2) is 11.6 Å². The number of anilines is 1. The highest BCUT2D eigenvalue weighted by Gasteiger charge is 2.36. The molecule has 1 saturated carbocycles. The van der Waals surface area contributed by atoms with Gasteiger partial charge in [0.05, 0.1) is 19.3 Å². The third-order valence-corrected chi connectivity index (χ3v) is 6.15. The number of nitrogens with one attached hydrogen (secondary N) is 4. The van der Waals surface area contributed by atoms with Crippen LogP contribution in [0.25, 0.3) is 0 Å². The summed E-state index contributed by atoms with van der Waals surface area (Å²) in [5.41, 5.74) is 7.03. The van der Waals surface area contributed by atoms with Crippen molar-refractivity contribution < 1.29 is 13.9 Å². The van der Waals surface area contributed by atoms with Gasteiger partial charge in [-0.3, -0.25) is 16.4 Å². The van der Waals surface area contributed by atoms with Gasteiger partial charge in [-0.15, -0.1) is 0 Å². The Kier molecular flexibility index (Phi) is 7.12. The number of rotatable bonds is 7. The zero-order chi connectivity index (χ0) is 22.6. The molecule has 4 rings (SSSR count). The lowest BCUT2D eigenvalue weighted by atomic mass is 10.1. The van der Waals surface area contributed by atoms with Gasteiger partial charge >= 0.3 is 5.97 Å². The summed E-state index contributed by atoms with van der Waals surface area (Å²) in [6.45, 7) is 3.13. The molecule has 0 amide bonds. The van der Waals surface area contributed by atoms with E-state index in [1.54, 1.807) is 12.1 Å². The Bertz CT molecular complexity index is 853. The van der Waals surface area contributed by atoms with E-state index >= 15 is 0 Å². The first-order valence-corrected chi connectivity index (χ1v) is 11.5. The van der Waals surface area contributed by atoms with Crippen molar-refractivity contribution >= 4 is 17.6 Å². The summed E-state index contributed by atoms with van der Waals surface area (Å²) in [4.78, 5) is 9.41. The van der Waals surface area contributed by atoms with Gasteiger partial charge < -0.3 is 20.1 Å². The summed E-state index contributed by atoms with van der Waals surface area (Å²) in [7, 11) is 1.43. The van der Waals surface area contributed by atoms with Crippen LogP contribution in [-0.2, 0) is 4.74 Å². The number of methoxy groups -OCH3 is 1. The molecule has 0 bridgehead atoms. The highest BCUT2D eigenvalue weighted by molar-refractivity contribution is 6.07. The topological polar surface area (TPSA) is 117 Å². The van der Waals surface area contributed by atoms with Gasteiger partial charge in [0.2, 0.25) is 11.9 Å². The van der Waals surface area contributed by atoms with Gasteiger partial charge in [-0.25, -0.2) is 9.38 Å². The fourth-order valence-electron chi connectivity index (χ4n) is 4.53. The number of benzene rings is 1. The predicted molar refractivity (Wildman–Crippen MR) is 123 cm³/mol. The Labute approximate surface area is 188 Å². The summed E-state index contributed by atoms with van der Waals surface area (Å²) < 4.78 is 25.3. The van der Waals surface area contributed by atoms with Crippen molar-refractivity contribution in [3.05, 3.63) is 24.0 Å². The van der Waals surface area contributed by atoms with Crippen LogP contribution in [0.3, 0.4) is 0 Å². The van der Waals surface area contributed by atoms with E-state index in [1.807, 2.05) is 0 Å². The molecule has 3 aliphatic rings. The standard InChI is InChI=1S/C22H34FN7O2/c1-3-17(18-9-6-12-25-18)27-21-28-20(26-14-10-11-19(31-2)16(23)13-14)29-22(24,30-21)32-15-7-4-5-8-15/h10-11,13,15,17-18,25H,3-9,12,24H2,1-2H3,(H3,26,27,28,29,30). The van der Waals surface area contributed by atoms with Gasteiger partial charge in [-0.05, 0) is 50.8 Å². The molecule has 1 aliphatic carbocycles. The molecule has 1 aromatic carbocycles. The third kappa shape index (κ3) is 5.48. The molecule has 2 aliphatic heterocycles. The molecule has 2 fully saturated rings. The Morgan fingerprint density at radius 3 is 2.78 bits per heavy atom. The van der Waals surface area contributed by atoms with Crippen LogP contribution in [0, 0.1) is 5.82 Å². The van der Waals surface area contributed by atoms with Crippen molar-refractivity contribution in [2.75, 3.05) is 19.0 Å². The number of hydrogen-bond acceptors (Lipinski definition) is 7. The van der Waals surface area contributed by atoms with Crippen LogP contribution >= 0.6 is 0 Å². The minimum atomic E-state index is -1.46. The smallest absolute Gasteiger partial charge is 0.303 e. The molecule has 2 heterocycles. The highest BCUT2D eigenvalue weighted by atomic mass is 19.1. The first-order chi connectivity index (χ1) is 15.5. The van der Waals surface area contributed by atoms with Crippen molar-refractivity contribution in [3.8, 4) is 5.75 Å². The molecule has 1 aromatic rings. The second-order valence-electron chi connectivity index (χ2n) is 8.56. The maximum atomic E-state index is 14.2. The molecule has 9 nitrogen and oxygen atoms in total. The molecule has 6 N–H and O–H groups in total. The fraction of sp³-hybridized carbons (Fsp3) is 0.636. The van der Waals surface area contributed by atoms with Crippen LogP contribution in [0.1, 0.15) is 51.9 Å². The number of nitrogens with two attached hydrogens (primary N) is 1. The van der Waals surface area contributed by atoms with E-state index in [4.69, 9.17) is 20.2 Å². The largest absolute Gasteiger partial charge is 0.494 e. The lowest BCUT2D eigenvalue weighted by Crippen LogP contribution is -2.66. The van der Waals surface area contributed by atoms with Crippen molar-refractivity contribution in [1.82, 2.24) is 16.0 Å². The number of hydrogen-bond donors (Lipinski definition) is 5. The first kappa shape index (κ1) is 22.8. The van der Waals surface area contributed by atoms with Crippen LogP contribution < -0.4 is 31.7 Å². The summed E-state index contributed by atoms with van der Waals surface area (Å²) >= 11 is 0. The summed E-state index contributed by atoms with van der Waals surface area (Å²) in [5.74, 6) is -0.946. The van der Waals surface area contributed by atoms with E-state index in [2.05, 4.69) is 33.2 Å². The minimum Gasteiger partial charge on any atom is -0.494 e. The van der Waals surface area contributed by atoms with Crippen molar-refractivity contribution in [1.29, 1.82) is 0 Å². The summed E-state index contributed by atoms with van der Waals surface area (Å²) in [6, 6.07) is 5.01. The Morgan fingerprint density at radius 1 is 1.31 bits per heavy atom. The van der Waals surface area contributed by atoms with E-state index < -0.39 is 11.8 Å². The van der Waals surface area contributed by atoms with E-state index in [-0.39, 0.29) is 17.9 Å². The average Bonchev–Trinajstić information content (AvgIpc) is 3.46. The number of nitrogens with zero attached hydrogens (tertiary/aromatic N) is 2. The molecule has 32 heavy (non-hydrogen) atoms. The summed E-state index contributed by atoms with van der Waals surface area (Å²) in [5, 5.41) is 12.9. The molecule has 1 saturated heterocycles. The lowest BCUT2D eigenvalue weighted by Gasteiger charge is -2.35. The highest BCUT2D eigenvalue weighted by Crippen LogP contribution is 2.25. The zero-order valence-corrected chi connectivity index (χ0v) is 18.8. The van der Waals surface area contributed by atoms with Crippen molar-refractivity contribution in [2.24, 2.45) is 15.7 Å². The quantitative estimate of drug-likeness (QED) is 0.407. The average molecular weight is 448 g/mol. The van der Waals surface area contributed by atoms with Crippen LogP contribution in [-0.4, -0.2) is 49.7 Å². The maximum absolute atomic E-state index is 14.2.